The van der Waals surface area contributed by atoms with Crippen molar-refractivity contribution in [3.05, 3.63) is 145 Å². The van der Waals surface area contributed by atoms with E-state index in [4.69, 9.17) is 0 Å². The zero-order valence-electron chi connectivity index (χ0n) is 21.7. The van der Waals surface area contributed by atoms with E-state index in [-0.39, 0.29) is 5.41 Å². The molecule has 0 saturated heterocycles. The zero-order valence-corrected chi connectivity index (χ0v) is 21.7. The molecule has 1 N–H and O–H groups in total. The lowest BCUT2D eigenvalue weighted by molar-refractivity contribution is 0.661. The van der Waals surface area contributed by atoms with Crippen molar-refractivity contribution in [3.8, 4) is 33.4 Å². The summed E-state index contributed by atoms with van der Waals surface area (Å²) < 4.78 is 0. The lowest BCUT2D eigenvalue weighted by Gasteiger charge is -2.23. The Hall–Kier alpha value is -4.62. The average Bonchev–Trinajstić information content (AvgIpc) is 3.19. The van der Waals surface area contributed by atoms with Gasteiger partial charge < -0.3 is 5.32 Å². The average molecular weight is 488 g/mol. The number of rotatable bonds is 4. The largest absolute Gasteiger partial charge is 0.355 e. The Kier molecular flexibility index (Phi) is 5.19. The van der Waals surface area contributed by atoms with Crippen LogP contribution in [0, 0.1) is 0 Å². The molecule has 1 aliphatic carbocycles. The van der Waals surface area contributed by atoms with Crippen molar-refractivity contribution >= 4 is 22.1 Å². The lowest BCUT2D eigenvalue weighted by atomic mass is 9.81. The Morgan fingerprint density at radius 2 is 1.03 bits per heavy atom. The van der Waals surface area contributed by atoms with Gasteiger partial charge in [-0.2, -0.15) is 0 Å². The number of benzene rings is 6. The molecular weight excluding hydrogens is 458 g/mol. The highest BCUT2D eigenvalue weighted by molar-refractivity contribution is 6.04. The molecule has 6 aromatic carbocycles. The minimum Gasteiger partial charge on any atom is -0.355 e. The van der Waals surface area contributed by atoms with E-state index in [1.807, 2.05) is 0 Å². The summed E-state index contributed by atoms with van der Waals surface area (Å²) in [6.45, 7) is 4.69. The summed E-state index contributed by atoms with van der Waals surface area (Å²) >= 11 is 0. The Labute approximate surface area is 224 Å². The molecule has 0 atom stereocenters. The molecule has 0 aromatic heterocycles. The molecule has 0 radical (unpaired) electrons. The van der Waals surface area contributed by atoms with E-state index in [2.05, 4.69) is 153 Å². The third-order valence-electron chi connectivity index (χ3n) is 8.07. The molecule has 0 fully saturated rings. The zero-order chi connectivity index (χ0) is 25.7. The topological polar surface area (TPSA) is 12.0 Å². The maximum atomic E-state index is 3.76. The maximum absolute atomic E-state index is 3.76. The van der Waals surface area contributed by atoms with Crippen molar-refractivity contribution < 1.29 is 0 Å². The molecular formula is C37H29N. The number of hydrogen-bond donors (Lipinski definition) is 1. The van der Waals surface area contributed by atoms with Crippen LogP contribution in [-0.4, -0.2) is 0 Å². The van der Waals surface area contributed by atoms with Gasteiger partial charge >= 0.3 is 0 Å². The van der Waals surface area contributed by atoms with Crippen molar-refractivity contribution in [2.24, 2.45) is 0 Å². The molecule has 38 heavy (non-hydrogen) atoms. The normalized spacial score (nSPS) is 13.2. The first kappa shape index (κ1) is 22.6. The minimum absolute atomic E-state index is 0.0770. The summed E-state index contributed by atoms with van der Waals surface area (Å²) in [5, 5.41) is 6.24. The van der Waals surface area contributed by atoms with Crippen LogP contribution in [0.25, 0.3) is 44.2 Å². The maximum Gasteiger partial charge on any atom is 0.0464 e. The molecule has 6 aromatic rings. The van der Waals surface area contributed by atoms with Gasteiger partial charge in [-0.05, 0) is 74.2 Å². The van der Waals surface area contributed by atoms with Gasteiger partial charge in [0.1, 0.15) is 0 Å². The standard InChI is InChI=1S/C37H29N/c1-37(2)34-23-27(25-11-5-3-6-12-25)17-19-31(34)32-20-18-28(24-35(32)37)38-36-22-21-29(26-13-7-4-8-14-26)30-15-9-10-16-33(30)36/h3-24,38H,1-2H3. The molecule has 0 saturated carbocycles. The van der Waals surface area contributed by atoms with Crippen LogP contribution in [-0.2, 0) is 5.41 Å². The van der Waals surface area contributed by atoms with Crippen LogP contribution in [0.15, 0.2) is 133 Å². The van der Waals surface area contributed by atoms with Crippen LogP contribution in [0.4, 0.5) is 11.4 Å². The number of nitrogens with one attached hydrogen (secondary N) is 1. The van der Waals surface area contributed by atoms with Gasteiger partial charge in [0.2, 0.25) is 0 Å². The van der Waals surface area contributed by atoms with E-state index in [0.717, 1.165) is 11.4 Å². The third-order valence-corrected chi connectivity index (χ3v) is 8.07. The van der Waals surface area contributed by atoms with Gasteiger partial charge in [-0.25, -0.2) is 0 Å². The quantitative estimate of drug-likeness (QED) is 0.261. The highest BCUT2D eigenvalue weighted by atomic mass is 14.9. The fourth-order valence-corrected chi connectivity index (χ4v) is 6.06. The fourth-order valence-electron chi connectivity index (χ4n) is 6.06. The fraction of sp³-hybridized carbons (Fsp3) is 0.0811. The third kappa shape index (κ3) is 3.63. The van der Waals surface area contributed by atoms with Crippen LogP contribution in [0.1, 0.15) is 25.0 Å². The van der Waals surface area contributed by atoms with Crippen molar-refractivity contribution in [1.82, 2.24) is 0 Å². The molecule has 0 heterocycles. The van der Waals surface area contributed by atoms with Gasteiger partial charge in [-0.3, -0.25) is 0 Å². The highest BCUT2D eigenvalue weighted by Gasteiger charge is 2.35. The predicted octanol–water partition coefficient (Wildman–Crippen LogP) is 10.2. The lowest BCUT2D eigenvalue weighted by Crippen LogP contribution is -2.15. The first-order chi connectivity index (χ1) is 18.6. The number of anilines is 2. The molecule has 7 rings (SSSR count). The first-order valence-electron chi connectivity index (χ1n) is 13.3. The van der Waals surface area contributed by atoms with Crippen LogP contribution in [0.2, 0.25) is 0 Å². The second-order valence-electron chi connectivity index (χ2n) is 10.7. The number of fused-ring (bicyclic) bond motifs is 4. The van der Waals surface area contributed by atoms with Crippen molar-refractivity contribution in [3.63, 3.8) is 0 Å². The van der Waals surface area contributed by atoms with E-state index < -0.39 is 0 Å². The van der Waals surface area contributed by atoms with E-state index in [1.165, 1.54) is 55.3 Å². The van der Waals surface area contributed by atoms with Crippen LogP contribution in [0.5, 0.6) is 0 Å². The molecule has 0 aliphatic heterocycles. The number of hydrogen-bond acceptors (Lipinski definition) is 1. The molecule has 1 aliphatic rings. The summed E-state index contributed by atoms with van der Waals surface area (Å²) in [6.07, 6.45) is 0. The van der Waals surface area contributed by atoms with E-state index in [1.54, 1.807) is 0 Å². The van der Waals surface area contributed by atoms with Crippen LogP contribution >= 0.6 is 0 Å². The van der Waals surface area contributed by atoms with Crippen molar-refractivity contribution in [1.29, 1.82) is 0 Å². The smallest absolute Gasteiger partial charge is 0.0464 e. The molecule has 1 nitrogen and oxygen atoms in total. The van der Waals surface area contributed by atoms with Gasteiger partial charge in [-0.15, -0.1) is 0 Å². The SMILES string of the molecule is CC1(C)c2cc(Nc3ccc(-c4ccccc4)c4ccccc34)ccc2-c2ccc(-c3ccccc3)cc21. The molecule has 1 heteroatoms. The summed E-state index contributed by atoms with van der Waals surface area (Å²) in [5.41, 5.74) is 12.6. The van der Waals surface area contributed by atoms with Gasteiger partial charge in [-0.1, -0.05) is 123 Å². The van der Waals surface area contributed by atoms with E-state index in [0.29, 0.717) is 0 Å². The van der Waals surface area contributed by atoms with E-state index in [9.17, 15) is 0 Å². The summed E-state index contributed by atoms with van der Waals surface area (Å²) in [7, 11) is 0. The minimum atomic E-state index is -0.0770. The Morgan fingerprint density at radius 1 is 0.447 bits per heavy atom. The van der Waals surface area contributed by atoms with Gasteiger partial charge in [0, 0.05) is 22.2 Å². The van der Waals surface area contributed by atoms with Crippen LogP contribution < -0.4 is 5.32 Å². The molecule has 0 spiro atoms. The second kappa shape index (κ2) is 8.75. The highest BCUT2D eigenvalue weighted by Crippen LogP contribution is 2.50. The molecule has 0 bridgehead atoms. The summed E-state index contributed by atoms with van der Waals surface area (Å²) in [5.74, 6) is 0. The Balaban J connectivity index is 1.27. The summed E-state index contributed by atoms with van der Waals surface area (Å²) in [6, 6.07) is 48.2. The Morgan fingerprint density at radius 3 is 1.76 bits per heavy atom. The van der Waals surface area contributed by atoms with Gasteiger partial charge in [0.15, 0.2) is 0 Å². The second-order valence-corrected chi connectivity index (χ2v) is 10.7. The van der Waals surface area contributed by atoms with Gasteiger partial charge in [0.25, 0.3) is 0 Å². The molecule has 0 unspecified atom stereocenters. The van der Waals surface area contributed by atoms with Crippen molar-refractivity contribution in [2.45, 2.75) is 19.3 Å². The van der Waals surface area contributed by atoms with Crippen LogP contribution in [0.3, 0.4) is 0 Å². The predicted molar refractivity (Wildman–Crippen MR) is 162 cm³/mol. The van der Waals surface area contributed by atoms with Crippen molar-refractivity contribution in [2.75, 3.05) is 5.32 Å². The molecule has 0 amide bonds. The summed E-state index contributed by atoms with van der Waals surface area (Å²) in [4.78, 5) is 0. The Bertz CT molecular complexity index is 1800. The first-order valence-corrected chi connectivity index (χ1v) is 13.3. The van der Waals surface area contributed by atoms with E-state index >= 15 is 0 Å². The monoisotopic (exact) mass is 487 g/mol. The molecule has 182 valence electrons. The van der Waals surface area contributed by atoms with Gasteiger partial charge in [0.05, 0.1) is 0 Å².